The zero-order valence-electron chi connectivity index (χ0n) is 7.84. The molecule has 3 heteroatoms. The summed E-state index contributed by atoms with van der Waals surface area (Å²) in [6, 6.07) is 0.601. The number of hydrogen-bond donors (Lipinski definition) is 0. The van der Waals surface area contributed by atoms with E-state index in [9.17, 15) is 0 Å². The highest BCUT2D eigenvalue weighted by Gasteiger charge is 2.35. The second kappa shape index (κ2) is 3.99. The maximum Gasteiger partial charge on any atom is 0.0625 e. The Morgan fingerprint density at radius 1 is 1.54 bits per heavy atom. The molecule has 0 N–H and O–H groups in total. The summed E-state index contributed by atoms with van der Waals surface area (Å²) < 4.78 is 5.49. The molecule has 0 aromatic heterocycles. The second-order valence-electron chi connectivity index (χ2n) is 3.99. The van der Waals surface area contributed by atoms with E-state index in [0.717, 1.165) is 37.3 Å². The molecule has 0 amide bonds. The molecule has 13 heavy (non-hydrogen) atoms. The summed E-state index contributed by atoms with van der Waals surface area (Å²) >= 11 is 5.82. The number of nitrogens with zero attached hydrogens (tertiary/aromatic N) is 1. The van der Waals surface area contributed by atoms with Gasteiger partial charge in [0.25, 0.3) is 0 Å². The number of ether oxygens (including phenoxy) is 1. The fourth-order valence-corrected chi connectivity index (χ4v) is 2.56. The first kappa shape index (κ1) is 9.50. The van der Waals surface area contributed by atoms with Crippen LogP contribution in [-0.4, -0.2) is 37.2 Å². The van der Waals surface area contributed by atoms with Gasteiger partial charge in [-0.1, -0.05) is 18.2 Å². The summed E-state index contributed by atoms with van der Waals surface area (Å²) in [5.74, 6) is 0.741. The minimum absolute atomic E-state index is 0.601. The van der Waals surface area contributed by atoms with Gasteiger partial charge in [0.2, 0.25) is 0 Å². The Morgan fingerprint density at radius 3 is 3.15 bits per heavy atom. The Kier molecular flexibility index (Phi) is 2.92. The molecule has 0 aliphatic carbocycles. The van der Waals surface area contributed by atoms with Gasteiger partial charge in [0.15, 0.2) is 0 Å². The zero-order chi connectivity index (χ0) is 9.26. The van der Waals surface area contributed by atoms with E-state index in [2.05, 4.69) is 11.5 Å². The Morgan fingerprint density at radius 2 is 2.38 bits per heavy atom. The number of hydrogen-bond acceptors (Lipinski definition) is 2. The van der Waals surface area contributed by atoms with Crippen LogP contribution in [0.15, 0.2) is 11.6 Å². The van der Waals surface area contributed by atoms with Crippen molar-refractivity contribution in [2.75, 3.05) is 26.3 Å². The molecule has 2 saturated heterocycles. The monoisotopic (exact) mass is 201 g/mol. The molecular weight excluding hydrogens is 186 g/mol. The van der Waals surface area contributed by atoms with Crippen LogP contribution in [0.5, 0.6) is 0 Å². The summed E-state index contributed by atoms with van der Waals surface area (Å²) in [4.78, 5) is 2.41. The quantitative estimate of drug-likeness (QED) is 0.676. The second-order valence-corrected chi connectivity index (χ2v) is 4.53. The van der Waals surface area contributed by atoms with Crippen LogP contribution in [0.2, 0.25) is 0 Å². The van der Waals surface area contributed by atoms with E-state index >= 15 is 0 Å². The summed E-state index contributed by atoms with van der Waals surface area (Å²) in [5.41, 5.74) is 0. The third-order valence-corrected chi connectivity index (χ3v) is 3.15. The molecule has 2 rings (SSSR count). The van der Waals surface area contributed by atoms with E-state index < -0.39 is 0 Å². The van der Waals surface area contributed by atoms with Gasteiger partial charge in [-0.05, 0) is 19.4 Å². The topological polar surface area (TPSA) is 12.5 Å². The van der Waals surface area contributed by atoms with Crippen molar-refractivity contribution < 1.29 is 4.74 Å². The Labute approximate surface area is 84.5 Å². The van der Waals surface area contributed by atoms with Gasteiger partial charge >= 0.3 is 0 Å². The lowest BCUT2D eigenvalue weighted by Gasteiger charge is -2.35. The van der Waals surface area contributed by atoms with Crippen LogP contribution in [0.1, 0.15) is 12.8 Å². The van der Waals surface area contributed by atoms with E-state index in [1.165, 1.54) is 12.8 Å². The Balaban J connectivity index is 1.97. The number of halogens is 1. The maximum atomic E-state index is 5.82. The third kappa shape index (κ3) is 2.06. The number of rotatable bonds is 2. The lowest BCUT2D eigenvalue weighted by atomic mass is 9.92. The number of piperidine rings is 1. The zero-order valence-corrected chi connectivity index (χ0v) is 8.59. The van der Waals surface area contributed by atoms with Crippen molar-refractivity contribution in [3.05, 3.63) is 11.6 Å². The summed E-state index contributed by atoms with van der Waals surface area (Å²) in [7, 11) is 0. The SMILES string of the molecule is C=C(Cl)CN1CCC[C@H]2COC[C@H]21. The molecule has 0 aromatic rings. The normalized spacial score (nSPS) is 34.5. The van der Waals surface area contributed by atoms with Crippen molar-refractivity contribution in [1.82, 2.24) is 4.90 Å². The van der Waals surface area contributed by atoms with Crippen LogP contribution in [0.3, 0.4) is 0 Å². The van der Waals surface area contributed by atoms with Gasteiger partial charge in [0.05, 0.1) is 13.2 Å². The lowest BCUT2D eigenvalue weighted by Crippen LogP contribution is -2.45. The van der Waals surface area contributed by atoms with Gasteiger partial charge in [-0.15, -0.1) is 0 Å². The highest BCUT2D eigenvalue weighted by atomic mass is 35.5. The molecule has 0 saturated carbocycles. The standard InChI is InChI=1S/C10H16ClNO/c1-8(11)5-12-4-2-3-9-6-13-7-10(9)12/h9-10H,1-7H2/t9-,10+/m0/s1. The number of fused-ring (bicyclic) bond motifs is 1. The van der Waals surface area contributed by atoms with E-state index in [0.29, 0.717) is 6.04 Å². The highest BCUT2D eigenvalue weighted by Crippen LogP contribution is 2.29. The minimum Gasteiger partial charge on any atom is -0.379 e. The molecule has 2 heterocycles. The molecule has 74 valence electrons. The van der Waals surface area contributed by atoms with E-state index in [1.54, 1.807) is 0 Å². The van der Waals surface area contributed by atoms with Gasteiger partial charge in [0, 0.05) is 23.5 Å². The molecule has 0 radical (unpaired) electrons. The molecule has 0 aromatic carbocycles. The largest absolute Gasteiger partial charge is 0.379 e. The molecule has 2 nitrogen and oxygen atoms in total. The summed E-state index contributed by atoms with van der Waals surface area (Å²) in [6.45, 7) is 7.55. The van der Waals surface area contributed by atoms with Crippen molar-refractivity contribution in [2.24, 2.45) is 5.92 Å². The maximum absolute atomic E-state index is 5.82. The van der Waals surface area contributed by atoms with Crippen LogP contribution >= 0.6 is 11.6 Å². The smallest absolute Gasteiger partial charge is 0.0625 e. The van der Waals surface area contributed by atoms with Crippen LogP contribution in [0.4, 0.5) is 0 Å². The van der Waals surface area contributed by atoms with E-state index in [-0.39, 0.29) is 0 Å². The summed E-state index contributed by atoms with van der Waals surface area (Å²) in [5, 5.41) is 0.743. The van der Waals surface area contributed by atoms with Gasteiger partial charge in [0.1, 0.15) is 0 Å². The fraction of sp³-hybridized carbons (Fsp3) is 0.800. The molecule has 0 bridgehead atoms. The predicted octanol–water partition coefficient (Wildman–Crippen LogP) is 1.85. The predicted molar refractivity (Wildman–Crippen MR) is 53.9 cm³/mol. The minimum atomic E-state index is 0.601. The first-order chi connectivity index (χ1) is 6.27. The van der Waals surface area contributed by atoms with Crippen LogP contribution in [-0.2, 0) is 4.74 Å². The van der Waals surface area contributed by atoms with Crippen molar-refractivity contribution in [3.8, 4) is 0 Å². The van der Waals surface area contributed by atoms with E-state index in [1.807, 2.05) is 0 Å². The molecular formula is C10H16ClNO. The Bertz CT molecular complexity index is 207. The molecule has 0 spiro atoms. The van der Waals surface area contributed by atoms with Gasteiger partial charge in [-0.2, -0.15) is 0 Å². The summed E-state index contributed by atoms with van der Waals surface area (Å²) in [6.07, 6.45) is 2.59. The molecule has 2 aliphatic heterocycles. The first-order valence-electron chi connectivity index (χ1n) is 4.92. The van der Waals surface area contributed by atoms with Crippen LogP contribution < -0.4 is 0 Å². The van der Waals surface area contributed by atoms with Crippen molar-refractivity contribution >= 4 is 11.6 Å². The van der Waals surface area contributed by atoms with Gasteiger partial charge in [-0.25, -0.2) is 0 Å². The van der Waals surface area contributed by atoms with Crippen LogP contribution in [0, 0.1) is 5.92 Å². The van der Waals surface area contributed by atoms with Crippen molar-refractivity contribution in [3.63, 3.8) is 0 Å². The fourth-order valence-electron chi connectivity index (χ4n) is 2.41. The lowest BCUT2D eigenvalue weighted by molar-refractivity contribution is 0.129. The number of likely N-dealkylation sites (tertiary alicyclic amines) is 1. The highest BCUT2D eigenvalue weighted by molar-refractivity contribution is 6.29. The average molecular weight is 202 g/mol. The van der Waals surface area contributed by atoms with Crippen LogP contribution in [0.25, 0.3) is 0 Å². The van der Waals surface area contributed by atoms with Gasteiger partial charge < -0.3 is 4.74 Å². The first-order valence-corrected chi connectivity index (χ1v) is 5.30. The molecule has 2 fully saturated rings. The van der Waals surface area contributed by atoms with Crippen molar-refractivity contribution in [1.29, 1.82) is 0 Å². The van der Waals surface area contributed by atoms with Gasteiger partial charge in [-0.3, -0.25) is 4.90 Å². The van der Waals surface area contributed by atoms with E-state index in [4.69, 9.17) is 16.3 Å². The Hall–Kier alpha value is -0.0500. The third-order valence-electron chi connectivity index (χ3n) is 3.03. The average Bonchev–Trinajstić information content (AvgIpc) is 2.51. The van der Waals surface area contributed by atoms with Crippen molar-refractivity contribution in [2.45, 2.75) is 18.9 Å². The molecule has 0 unspecified atom stereocenters. The molecule has 2 aliphatic rings. The molecule has 2 atom stereocenters.